The Morgan fingerprint density at radius 3 is 1.57 bits per heavy atom. The highest BCUT2D eigenvalue weighted by atomic mass is 35.5. The van der Waals surface area contributed by atoms with E-state index in [0.717, 1.165) is 19.3 Å². The van der Waals surface area contributed by atoms with Crippen LogP contribution in [0.4, 0.5) is 0 Å². The molecular formula is C17H30Cl2O2. The van der Waals surface area contributed by atoms with Gasteiger partial charge in [-0.3, -0.25) is 9.59 Å². The van der Waals surface area contributed by atoms with E-state index in [0.29, 0.717) is 18.8 Å². The molecule has 0 amide bonds. The molecule has 0 fully saturated rings. The Balaban J connectivity index is 3.15. The first-order chi connectivity index (χ1) is 10.0. The minimum absolute atomic E-state index is 0.209. The van der Waals surface area contributed by atoms with Crippen LogP contribution in [0.1, 0.15) is 90.4 Å². The molecule has 0 aliphatic rings. The van der Waals surface area contributed by atoms with E-state index < -0.39 is 0 Å². The zero-order valence-corrected chi connectivity index (χ0v) is 14.9. The van der Waals surface area contributed by atoms with Crippen molar-refractivity contribution in [3.8, 4) is 0 Å². The summed E-state index contributed by atoms with van der Waals surface area (Å²) >= 11 is 10.6. The number of rotatable bonds is 15. The van der Waals surface area contributed by atoms with Crippen LogP contribution in [0.15, 0.2) is 0 Å². The molecule has 0 radical (unpaired) electrons. The van der Waals surface area contributed by atoms with E-state index in [1.807, 2.05) is 0 Å². The van der Waals surface area contributed by atoms with E-state index in [-0.39, 0.29) is 10.5 Å². The van der Waals surface area contributed by atoms with Gasteiger partial charge in [0.15, 0.2) is 0 Å². The summed E-state index contributed by atoms with van der Waals surface area (Å²) in [5, 5.41) is -0.420. The van der Waals surface area contributed by atoms with E-state index in [2.05, 4.69) is 6.92 Å². The van der Waals surface area contributed by atoms with Crippen LogP contribution in [0.2, 0.25) is 0 Å². The lowest BCUT2D eigenvalue weighted by Gasteiger charge is -2.09. The number of carbonyl (C=O) groups excluding carboxylic acids is 2. The molecule has 2 nitrogen and oxygen atoms in total. The summed E-state index contributed by atoms with van der Waals surface area (Å²) in [5.74, 6) is 0.609. The number of carbonyl (C=O) groups is 2. The summed E-state index contributed by atoms with van der Waals surface area (Å²) in [4.78, 5) is 21.2. The summed E-state index contributed by atoms with van der Waals surface area (Å²) in [6.45, 7) is 2.20. The van der Waals surface area contributed by atoms with Crippen molar-refractivity contribution in [3.63, 3.8) is 0 Å². The highest BCUT2D eigenvalue weighted by Crippen LogP contribution is 2.17. The lowest BCUT2D eigenvalue weighted by molar-refractivity contribution is -0.112. The molecular weight excluding hydrogens is 307 g/mol. The second kappa shape index (κ2) is 14.8. The maximum atomic E-state index is 10.7. The van der Waals surface area contributed by atoms with Gasteiger partial charge in [0.25, 0.3) is 0 Å². The van der Waals surface area contributed by atoms with Gasteiger partial charge in [0.1, 0.15) is 0 Å². The predicted molar refractivity (Wildman–Crippen MR) is 90.9 cm³/mol. The SMILES string of the molecule is CC(CCCCCCCCCCCC(=O)Cl)CCC(=O)Cl. The first-order valence-electron chi connectivity index (χ1n) is 8.39. The smallest absolute Gasteiger partial charge is 0.221 e. The fourth-order valence-corrected chi connectivity index (χ4v) is 2.74. The molecule has 0 aliphatic carbocycles. The van der Waals surface area contributed by atoms with E-state index in [4.69, 9.17) is 23.2 Å². The molecule has 1 atom stereocenters. The monoisotopic (exact) mass is 336 g/mol. The van der Waals surface area contributed by atoms with Gasteiger partial charge in [-0.25, -0.2) is 0 Å². The van der Waals surface area contributed by atoms with Crippen LogP contribution in [-0.4, -0.2) is 10.5 Å². The van der Waals surface area contributed by atoms with E-state index in [9.17, 15) is 9.59 Å². The standard InChI is InChI=1S/C17H30Cl2O2/c1-15(13-14-17(19)21)11-9-7-5-3-2-4-6-8-10-12-16(18)20/h15H,2-14H2,1H3. The van der Waals surface area contributed by atoms with Crippen molar-refractivity contribution in [2.45, 2.75) is 90.4 Å². The quantitative estimate of drug-likeness (QED) is 0.262. The fraction of sp³-hybridized carbons (Fsp3) is 0.882. The lowest BCUT2D eigenvalue weighted by Crippen LogP contribution is -1.97. The van der Waals surface area contributed by atoms with Gasteiger partial charge in [-0.05, 0) is 42.0 Å². The largest absolute Gasteiger partial charge is 0.281 e. The molecule has 0 bridgehead atoms. The van der Waals surface area contributed by atoms with Gasteiger partial charge in [0.2, 0.25) is 10.5 Å². The van der Waals surface area contributed by atoms with Crippen molar-refractivity contribution in [1.82, 2.24) is 0 Å². The second-order valence-electron chi connectivity index (χ2n) is 6.07. The van der Waals surface area contributed by atoms with Gasteiger partial charge in [0, 0.05) is 12.8 Å². The third-order valence-electron chi connectivity index (χ3n) is 3.90. The zero-order valence-electron chi connectivity index (χ0n) is 13.3. The Labute approximate surface area is 140 Å². The van der Waals surface area contributed by atoms with Gasteiger partial charge in [-0.15, -0.1) is 0 Å². The molecule has 4 heteroatoms. The molecule has 0 saturated carbocycles. The van der Waals surface area contributed by atoms with Crippen molar-refractivity contribution in [1.29, 1.82) is 0 Å². The highest BCUT2D eigenvalue weighted by molar-refractivity contribution is 6.63. The average Bonchev–Trinajstić information content (AvgIpc) is 2.42. The Kier molecular flexibility index (Phi) is 14.8. The van der Waals surface area contributed by atoms with E-state index in [1.54, 1.807) is 0 Å². The van der Waals surface area contributed by atoms with Gasteiger partial charge in [-0.2, -0.15) is 0 Å². The Morgan fingerprint density at radius 1 is 0.667 bits per heavy atom. The molecule has 0 spiro atoms. The summed E-state index contributed by atoms with van der Waals surface area (Å²) in [6.07, 6.45) is 14.2. The van der Waals surface area contributed by atoms with Crippen LogP contribution in [0.5, 0.6) is 0 Å². The topological polar surface area (TPSA) is 34.1 Å². The lowest BCUT2D eigenvalue weighted by atomic mass is 9.97. The van der Waals surface area contributed by atoms with Crippen LogP contribution in [0, 0.1) is 5.92 Å². The molecule has 0 aliphatic heterocycles. The Bertz CT molecular complexity index is 280. The fourth-order valence-electron chi connectivity index (χ4n) is 2.50. The van der Waals surface area contributed by atoms with Gasteiger partial charge < -0.3 is 0 Å². The molecule has 0 aromatic heterocycles. The molecule has 0 rings (SSSR count). The molecule has 0 aromatic rings. The summed E-state index contributed by atoms with van der Waals surface area (Å²) in [7, 11) is 0. The molecule has 21 heavy (non-hydrogen) atoms. The van der Waals surface area contributed by atoms with Crippen LogP contribution >= 0.6 is 23.2 Å². The van der Waals surface area contributed by atoms with Crippen molar-refractivity contribution in [3.05, 3.63) is 0 Å². The summed E-state index contributed by atoms with van der Waals surface area (Å²) in [5.41, 5.74) is 0. The van der Waals surface area contributed by atoms with Gasteiger partial charge in [-0.1, -0.05) is 64.7 Å². The van der Waals surface area contributed by atoms with Crippen LogP contribution < -0.4 is 0 Å². The third-order valence-corrected chi connectivity index (χ3v) is 4.28. The van der Waals surface area contributed by atoms with Gasteiger partial charge >= 0.3 is 0 Å². The maximum absolute atomic E-state index is 10.7. The Hall–Kier alpha value is -0.0800. The Morgan fingerprint density at radius 2 is 1.10 bits per heavy atom. The second-order valence-corrected chi connectivity index (χ2v) is 6.92. The molecule has 0 aromatic carbocycles. The average molecular weight is 337 g/mol. The predicted octanol–water partition coefficient (Wildman–Crippen LogP) is 6.22. The first kappa shape index (κ1) is 20.9. The number of hydrogen-bond acceptors (Lipinski definition) is 2. The van der Waals surface area contributed by atoms with Crippen LogP contribution in [0.25, 0.3) is 0 Å². The van der Waals surface area contributed by atoms with Crippen LogP contribution in [-0.2, 0) is 9.59 Å². The van der Waals surface area contributed by atoms with Crippen molar-refractivity contribution in [2.75, 3.05) is 0 Å². The maximum Gasteiger partial charge on any atom is 0.221 e. The molecule has 0 N–H and O–H groups in total. The highest BCUT2D eigenvalue weighted by Gasteiger charge is 2.04. The number of hydrogen-bond donors (Lipinski definition) is 0. The first-order valence-corrected chi connectivity index (χ1v) is 9.14. The summed E-state index contributed by atoms with van der Waals surface area (Å²) in [6, 6.07) is 0. The van der Waals surface area contributed by atoms with Gasteiger partial charge in [0.05, 0.1) is 0 Å². The molecule has 0 saturated heterocycles. The number of unbranched alkanes of at least 4 members (excludes halogenated alkanes) is 8. The minimum Gasteiger partial charge on any atom is -0.281 e. The summed E-state index contributed by atoms with van der Waals surface area (Å²) < 4.78 is 0. The normalized spacial score (nSPS) is 12.3. The molecule has 1 unspecified atom stereocenters. The van der Waals surface area contributed by atoms with Crippen molar-refractivity contribution in [2.24, 2.45) is 5.92 Å². The minimum atomic E-state index is -0.211. The van der Waals surface area contributed by atoms with Crippen molar-refractivity contribution >= 4 is 33.7 Å². The van der Waals surface area contributed by atoms with Crippen molar-refractivity contribution < 1.29 is 9.59 Å². The number of halogens is 2. The van der Waals surface area contributed by atoms with E-state index in [1.165, 1.54) is 51.4 Å². The molecule has 0 heterocycles. The third kappa shape index (κ3) is 17.9. The van der Waals surface area contributed by atoms with Crippen LogP contribution in [0.3, 0.4) is 0 Å². The molecule has 124 valence electrons. The zero-order chi connectivity index (χ0) is 15.9. The van der Waals surface area contributed by atoms with E-state index >= 15 is 0 Å².